The molecule has 4 rings (SSSR count). The molecule has 0 atom stereocenters. The third-order valence-electron chi connectivity index (χ3n) is 5.36. The fraction of sp³-hybridized carbons (Fsp3) is 0.148. The summed E-state index contributed by atoms with van der Waals surface area (Å²) in [6.07, 6.45) is 0. The Morgan fingerprint density at radius 2 is 1.27 bits per heavy atom. The Morgan fingerprint density at radius 3 is 1.82 bits per heavy atom. The summed E-state index contributed by atoms with van der Waals surface area (Å²) in [5.74, 6) is -2.80. The monoisotopic (exact) mass is 456 g/mol. The Hall–Kier alpha value is -3.54. The van der Waals surface area contributed by atoms with Crippen LogP contribution < -0.4 is 0 Å². The molecule has 0 saturated heterocycles. The SMILES string of the molecule is Cc1c(F)cc2cc(-c3ccc(F)cc3)cc(F)c2c1F.Cc1cc(C)c(C(=O)F)c(C)c1. The van der Waals surface area contributed by atoms with Gasteiger partial charge >= 0.3 is 6.04 Å². The van der Waals surface area contributed by atoms with E-state index in [4.69, 9.17) is 0 Å². The van der Waals surface area contributed by atoms with Crippen LogP contribution in [-0.2, 0) is 0 Å². The van der Waals surface area contributed by atoms with E-state index in [9.17, 15) is 26.7 Å². The first kappa shape index (κ1) is 24.1. The molecule has 0 aliphatic heterocycles. The summed E-state index contributed by atoms with van der Waals surface area (Å²) >= 11 is 0. The number of halogens is 5. The van der Waals surface area contributed by atoms with Gasteiger partial charge in [0.15, 0.2) is 0 Å². The molecule has 4 aromatic carbocycles. The molecule has 33 heavy (non-hydrogen) atoms. The van der Waals surface area contributed by atoms with Crippen molar-refractivity contribution >= 4 is 16.8 Å². The van der Waals surface area contributed by atoms with E-state index < -0.39 is 29.3 Å². The van der Waals surface area contributed by atoms with Gasteiger partial charge in [-0.25, -0.2) is 17.6 Å². The predicted octanol–water partition coefficient (Wildman–Crippen LogP) is 8.09. The Labute approximate surface area is 188 Å². The zero-order chi connectivity index (χ0) is 24.4. The van der Waals surface area contributed by atoms with Crippen LogP contribution >= 0.6 is 0 Å². The molecule has 0 aliphatic carbocycles. The summed E-state index contributed by atoms with van der Waals surface area (Å²) in [6.45, 7) is 6.67. The summed E-state index contributed by atoms with van der Waals surface area (Å²) in [4.78, 5) is 10.5. The fourth-order valence-electron chi connectivity index (χ4n) is 3.81. The predicted molar refractivity (Wildman–Crippen MR) is 120 cm³/mol. The van der Waals surface area contributed by atoms with Crippen molar-refractivity contribution in [2.75, 3.05) is 0 Å². The summed E-state index contributed by atoms with van der Waals surface area (Å²) in [7, 11) is 0. The van der Waals surface area contributed by atoms with E-state index in [-0.39, 0.29) is 21.9 Å². The van der Waals surface area contributed by atoms with E-state index in [1.165, 1.54) is 37.3 Å². The number of benzene rings is 4. The minimum atomic E-state index is -1.34. The normalized spacial score (nSPS) is 10.7. The Morgan fingerprint density at radius 1 is 0.697 bits per heavy atom. The van der Waals surface area contributed by atoms with Gasteiger partial charge in [0, 0.05) is 5.56 Å². The number of aryl methyl sites for hydroxylation is 3. The average Bonchev–Trinajstić information content (AvgIpc) is 2.71. The number of hydrogen-bond donors (Lipinski definition) is 0. The van der Waals surface area contributed by atoms with Gasteiger partial charge in [0.2, 0.25) is 0 Å². The van der Waals surface area contributed by atoms with Crippen LogP contribution in [-0.4, -0.2) is 6.04 Å². The molecule has 0 aliphatic rings. The Balaban J connectivity index is 0.000000218. The molecular formula is C27H21F5O. The Bertz CT molecular complexity index is 1330. The van der Waals surface area contributed by atoms with E-state index in [0.717, 1.165) is 17.7 Å². The molecule has 170 valence electrons. The van der Waals surface area contributed by atoms with Crippen molar-refractivity contribution in [2.45, 2.75) is 27.7 Å². The van der Waals surface area contributed by atoms with Gasteiger partial charge in [0.25, 0.3) is 0 Å². The van der Waals surface area contributed by atoms with Gasteiger partial charge in [-0.2, -0.15) is 4.39 Å². The molecule has 0 bridgehead atoms. The van der Waals surface area contributed by atoms with Crippen LogP contribution in [0.1, 0.15) is 32.6 Å². The van der Waals surface area contributed by atoms with Gasteiger partial charge < -0.3 is 0 Å². The molecule has 0 unspecified atom stereocenters. The van der Waals surface area contributed by atoms with Crippen molar-refractivity contribution < 1.29 is 26.7 Å². The van der Waals surface area contributed by atoms with Gasteiger partial charge in [-0.1, -0.05) is 29.8 Å². The van der Waals surface area contributed by atoms with E-state index in [2.05, 4.69) is 0 Å². The van der Waals surface area contributed by atoms with E-state index >= 15 is 0 Å². The number of rotatable bonds is 2. The van der Waals surface area contributed by atoms with Gasteiger partial charge in [-0.3, -0.25) is 4.79 Å². The highest BCUT2D eigenvalue weighted by Crippen LogP contribution is 2.31. The lowest BCUT2D eigenvalue weighted by atomic mass is 9.99. The molecule has 6 heteroatoms. The molecule has 4 aromatic rings. The maximum absolute atomic E-state index is 14.1. The molecule has 1 nitrogen and oxygen atoms in total. The standard InChI is InChI=1S/C17H10F4.C10H11FO/c1-9-14(19)8-12-6-11(7-15(20)16(12)17(9)21)10-2-4-13(18)5-3-10;1-6-4-7(2)9(10(11)12)8(3)5-6/h2-8H,1H3;4-5H,1-3H3. The van der Waals surface area contributed by atoms with E-state index in [1.54, 1.807) is 26.0 Å². The lowest BCUT2D eigenvalue weighted by Gasteiger charge is -2.09. The molecule has 0 heterocycles. The first-order valence-corrected chi connectivity index (χ1v) is 10.1. The maximum Gasteiger partial charge on any atom is 0.332 e. The molecule has 0 fully saturated rings. The van der Waals surface area contributed by atoms with Crippen molar-refractivity contribution in [3.63, 3.8) is 0 Å². The van der Waals surface area contributed by atoms with Gasteiger partial charge in [-0.15, -0.1) is 0 Å². The molecule has 0 radical (unpaired) electrons. The summed E-state index contributed by atoms with van der Waals surface area (Å²) in [6, 6.07) is 11.5. The smallest absolute Gasteiger partial charge is 0.255 e. The van der Waals surface area contributed by atoms with Crippen molar-refractivity contribution in [3.8, 4) is 11.1 Å². The topological polar surface area (TPSA) is 17.1 Å². The third-order valence-corrected chi connectivity index (χ3v) is 5.36. The minimum absolute atomic E-state index is 0.134. The molecule has 0 amide bonds. The fourth-order valence-corrected chi connectivity index (χ4v) is 3.81. The number of carbonyl (C=O) groups excluding carboxylic acids is 1. The van der Waals surface area contributed by atoms with Crippen LogP contribution in [0.3, 0.4) is 0 Å². The van der Waals surface area contributed by atoms with Crippen LogP contribution in [0, 0.1) is 51.0 Å². The van der Waals surface area contributed by atoms with Gasteiger partial charge in [0.1, 0.15) is 23.3 Å². The number of carbonyl (C=O) groups is 1. The quantitative estimate of drug-likeness (QED) is 0.220. The van der Waals surface area contributed by atoms with Crippen LogP contribution in [0.25, 0.3) is 21.9 Å². The van der Waals surface area contributed by atoms with Crippen molar-refractivity contribution in [2.24, 2.45) is 0 Å². The zero-order valence-corrected chi connectivity index (χ0v) is 18.5. The zero-order valence-electron chi connectivity index (χ0n) is 18.5. The summed E-state index contributed by atoms with van der Waals surface area (Å²) < 4.78 is 67.1. The second kappa shape index (κ2) is 9.53. The molecule has 0 aromatic heterocycles. The van der Waals surface area contributed by atoms with Gasteiger partial charge in [0.05, 0.1) is 10.9 Å². The third kappa shape index (κ3) is 5.11. The van der Waals surface area contributed by atoms with Gasteiger partial charge in [-0.05, 0) is 85.7 Å². The van der Waals surface area contributed by atoms with Crippen LogP contribution in [0.5, 0.6) is 0 Å². The second-order valence-electron chi connectivity index (χ2n) is 7.91. The van der Waals surface area contributed by atoms with Crippen LogP contribution in [0.2, 0.25) is 0 Å². The highest BCUT2D eigenvalue weighted by Gasteiger charge is 2.15. The Kier molecular flexibility index (Phi) is 6.96. The minimum Gasteiger partial charge on any atom is -0.255 e. The largest absolute Gasteiger partial charge is 0.332 e. The highest BCUT2D eigenvalue weighted by molar-refractivity contribution is 5.92. The maximum atomic E-state index is 14.1. The molecule has 0 spiro atoms. The van der Waals surface area contributed by atoms with Crippen molar-refractivity contribution in [1.29, 1.82) is 0 Å². The van der Waals surface area contributed by atoms with Crippen LogP contribution in [0.4, 0.5) is 22.0 Å². The van der Waals surface area contributed by atoms with E-state index in [0.29, 0.717) is 22.3 Å². The second-order valence-corrected chi connectivity index (χ2v) is 7.91. The van der Waals surface area contributed by atoms with Crippen molar-refractivity contribution in [3.05, 3.63) is 106 Å². The first-order chi connectivity index (χ1) is 15.5. The first-order valence-electron chi connectivity index (χ1n) is 10.1. The number of fused-ring (bicyclic) bond motifs is 1. The molecular weight excluding hydrogens is 435 g/mol. The number of hydrogen-bond acceptors (Lipinski definition) is 1. The molecule has 0 N–H and O–H groups in total. The highest BCUT2D eigenvalue weighted by atomic mass is 19.1. The summed E-state index contributed by atoms with van der Waals surface area (Å²) in [5, 5.41) is -0.102. The van der Waals surface area contributed by atoms with Crippen molar-refractivity contribution in [1.82, 2.24) is 0 Å². The molecule has 0 saturated carbocycles. The lowest BCUT2D eigenvalue weighted by Crippen LogP contribution is -1.98. The van der Waals surface area contributed by atoms with Crippen LogP contribution in [0.15, 0.2) is 54.6 Å². The summed E-state index contributed by atoms with van der Waals surface area (Å²) in [5.41, 5.74) is 3.47. The van der Waals surface area contributed by atoms with E-state index in [1.807, 2.05) is 6.92 Å². The average molecular weight is 456 g/mol. The lowest BCUT2D eigenvalue weighted by molar-refractivity contribution is 0.0834.